The minimum atomic E-state index is 0.587. The Morgan fingerprint density at radius 3 is 3.00 bits per heavy atom. The summed E-state index contributed by atoms with van der Waals surface area (Å²) in [5.74, 6) is 0. The van der Waals surface area contributed by atoms with Gasteiger partial charge in [0.1, 0.15) is 0 Å². The van der Waals surface area contributed by atoms with E-state index < -0.39 is 0 Å². The lowest BCUT2D eigenvalue weighted by Crippen LogP contribution is -2.19. The van der Waals surface area contributed by atoms with Gasteiger partial charge in [-0.05, 0) is 56.7 Å². The van der Waals surface area contributed by atoms with Crippen molar-refractivity contribution in [2.45, 2.75) is 64.3 Å². The molecule has 106 valence electrons. The van der Waals surface area contributed by atoms with Crippen molar-refractivity contribution >= 4 is 11.3 Å². The second-order valence-electron chi connectivity index (χ2n) is 5.49. The normalized spacial score (nSPS) is 15.4. The van der Waals surface area contributed by atoms with Crippen LogP contribution in [0.4, 0.5) is 0 Å². The average Bonchev–Trinajstić information content (AvgIpc) is 2.98. The predicted molar refractivity (Wildman–Crippen MR) is 86.0 cm³/mol. The number of thiophene rings is 1. The molecule has 2 heteroatoms. The smallest absolute Gasteiger partial charge is 0.0414 e. The van der Waals surface area contributed by atoms with Crippen LogP contribution >= 0.6 is 11.3 Å². The van der Waals surface area contributed by atoms with Gasteiger partial charge < -0.3 is 5.32 Å². The zero-order chi connectivity index (χ0) is 13.5. The van der Waals surface area contributed by atoms with Crippen LogP contribution in [0.3, 0.4) is 0 Å². The maximum absolute atomic E-state index is 3.79. The van der Waals surface area contributed by atoms with Crippen LogP contribution in [0, 0.1) is 0 Å². The molecule has 0 saturated heterocycles. The zero-order valence-electron chi connectivity index (χ0n) is 12.2. The molecule has 1 nitrogen and oxygen atoms in total. The molecule has 1 aromatic heterocycles. The van der Waals surface area contributed by atoms with Gasteiger partial charge in [-0.3, -0.25) is 0 Å². The molecule has 0 amide bonds. The zero-order valence-corrected chi connectivity index (χ0v) is 13.0. The summed E-state index contributed by atoms with van der Waals surface area (Å²) in [6, 6.07) is 3.06. The van der Waals surface area contributed by atoms with Gasteiger partial charge in [-0.25, -0.2) is 0 Å². The first-order chi connectivity index (χ1) is 9.35. The molecule has 0 aromatic carbocycles. The van der Waals surface area contributed by atoms with E-state index in [-0.39, 0.29) is 0 Å². The van der Waals surface area contributed by atoms with Crippen LogP contribution in [-0.2, 0) is 12.8 Å². The maximum atomic E-state index is 3.79. The first-order valence-corrected chi connectivity index (χ1v) is 8.62. The highest BCUT2D eigenvalue weighted by atomic mass is 32.1. The molecule has 0 bridgehead atoms. The van der Waals surface area contributed by atoms with Crippen molar-refractivity contribution in [1.29, 1.82) is 0 Å². The highest BCUT2D eigenvalue weighted by molar-refractivity contribution is 7.12. The van der Waals surface area contributed by atoms with Gasteiger partial charge in [-0.15, -0.1) is 17.9 Å². The van der Waals surface area contributed by atoms with Crippen molar-refractivity contribution < 1.29 is 0 Å². The molecule has 0 fully saturated rings. The van der Waals surface area contributed by atoms with Crippen molar-refractivity contribution in [3.8, 4) is 0 Å². The Labute approximate surface area is 122 Å². The van der Waals surface area contributed by atoms with Crippen molar-refractivity contribution in [3.05, 3.63) is 34.0 Å². The molecule has 0 saturated carbocycles. The third kappa shape index (κ3) is 4.19. The first-order valence-electron chi connectivity index (χ1n) is 7.81. The summed E-state index contributed by atoms with van der Waals surface area (Å²) in [6.07, 6.45) is 12.4. The monoisotopic (exact) mass is 277 g/mol. The SMILES string of the molecule is C=CCCCCCC(NCC)c1cc2c(s1)CCC2. The third-order valence-corrected chi connectivity index (χ3v) is 5.31. The van der Waals surface area contributed by atoms with E-state index in [2.05, 4.69) is 36.2 Å². The quantitative estimate of drug-likeness (QED) is 0.493. The van der Waals surface area contributed by atoms with Crippen LogP contribution in [0.2, 0.25) is 0 Å². The summed E-state index contributed by atoms with van der Waals surface area (Å²) >= 11 is 2.06. The lowest BCUT2D eigenvalue weighted by molar-refractivity contribution is 0.489. The standard InChI is InChI=1S/C17H27NS/c1-3-5-6-7-8-11-15(18-4-2)17-13-14-10-9-12-16(14)19-17/h3,13,15,18H,1,4-12H2,2H3. The van der Waals surface area contributed by atoms with Crippen LogP contribution in [0.25, 0.3) is 0 Å². The van der Waals surface area contributed by atoms with E-state index in [1.54, 1.807) is 15.3 Å². The molecule has 1 heterocycles. The Kier molecular flexibility index (Phi) is 6.12. The fourth-order valence-electron chi connectivity index (χ4n) is 2.93. The van der Waals surface area contributed by atoms with Crippen LogP contribution in [0.1, 0.15) is 66.8 Å². The average molecular weight is 277 g/mol. The van der Waals surface area contributed by atoms with Crippen molar-refractivity contribution in [2.75, 3.05) is 6.54 Å². The molecule has 0 radical (unpaired) electrons. The minimum Gasteiger partial charge on any atom is -0.310 e. The minimum absolute atomic E-state index is 0.587. The molecule has 2 rings (SSSR count). The molecule has 1 N–H and O–H groups in total. The summed E-state index contributed by atoms with van der Waals surface area (Å²) in [5, 5.41) is 3.67. The number of rotatable bonds is 9. The van der Waals surface area contributed by atoms with Crippen LogP contribution < -0.4 is 5.32 Å². The molecule has 0 spiro atoms. The highest BCUT2D eigenvalue weighted by Gasteiger charge is 2.19. The van der Waals surface area contributed by atoms with E-state index in [1.807, 2.05) is 6.08 Å². The van der Waals surface area contributed by atoms with Gasteiger partial charge in [0.05, 0.1) is 0 Å². The number of hydrogen-bond donors (Lipinski definition) is 1. The summed E-state index contributed by atoms with van der Waals surface area (Å²) in [5.41, 5.74) is 1.63. The number of aryl methyl sites for hydroxylation is 2. The second kappa shape index (κ2) is 7.86. The first kappa shape index (κ1) is 14.8. The molecule has 1 aromatic rings. The van der Waals surface area contributed by atoms with Gasteiger partial charge in [0.2, 0.25) is 0 Å². The van der Waals surface area contributed by atoms with E-state index in [9.17, 15) is 0 Å². The number of unbranched alkanes of at least 4 members (excludes halogenated alkanes) is 3. The molecule has 1 aliphatic carbocycles. The maximum Gasteiger partial charge on any atom is 0.0414 e. The van der Waals surface area contributed by atoms with Crippen molar-refractivity contribution in [3.63, 3.8) is 0 Å². The van der Waals surface area contributed by atoms with Gasteiger partial charge >= 0.3 is 0 Å². The van der Waals surface area contributed by atoms with E-state index in [1.165, 1.54) is 51.4 Å². The molecule has 19 heavy (non-hydrogen) atoms. The number of allylic oxidation sites excluding steroid dienone is 1. The van der Waals surface area contributed by atoms with Crippen molar-refractivity contribution in [2.24, 2.45) is 0 Å². The van der Waals surface area contributed by atoms with Gasteiger partial charge in [-0.2, -0.15) is 0 Å². The largest absolute Gasteiger partial charge is 0.310 e. The molecule has 0 aliphatic heterocycles. The third-order valence-electron chi connectivity index (χ3n) is 3.96. The van der Waals surface area contributed by atoms with Crippen molar-refractivity contribution in [1.82, 2.24) is 5.32 Å². The van der Waals surface area contributed by atoms with Gasteiger partial charge in [0.25, 0.3) is 0 Å². The molecule has 1 unspecified atom stereocenters. The summed E-state index contributed by atoms with van der Waals surface area (Å²) < 4.78 is 0. The summed E-state index contributed by atoms with van der Waals surface area (Å²) in [6.45, 7) is 7.07. The summed E-state index contributed by atoms with van der Waals surface area (Å²) in [7, 11) is 0. The van der Waals surface area contributed by atoms with Crippen LogP contribution in [-0.4, -0.2) is 6.54 Å². The summed E-state index contributed by atoms with van der Waals surface area (Å²) in [4.78, 5) is 3.24. The second-order valence-corrected chi connectivity index (χ2v) is 6.66. The van der Waals surface area contributed by atoms with E-state index in [4.69, 9.17) is 0 Å². The Bertz CT molecular complexity index is 372. The van der Waals surface area contributed by atoms with Gasteiger partial charge in [0.15, 0.2) is 0 Å². The topological polar surface area (TPSA) is 12.0 Å². The number of nitrogens with one attached hydrogen (secondary N) is 1. The van der Waals surface area contributed by atoms with E-state index in [0.717, 1.165) is 6.54 Å². The Hall–Kier alpha value is -0.600. The van der Waals surface area contributed by atoms with Gasteiger partial charge in [0, 0.05) is 15.8 Å². The fraction of sp³-hybridized carbons (Fsp3) is 0.647. The Morgan fingerprint density at radius 1 is 1.37 bits per heavy atom. The van der Waals surface area contributed by atoms with Crippen LogP contribution in [0.15, 0.2) is 18.7 Å². The lowest BCUT2D eigenvalue weighted by Gasteiger charge is -2.16. The Morgan fingerprint density at radius 2 is 2.26 bits per heavy atom. The molecular weight excluding hydrogens is 250 g/mol. The Balaban J connectivity index is 1.85. The van der Waals surface area contributed by atoms with Crippen LogP contribution in [0.5, 0.6) is 0 Å². The number of hydrogen-bond acceptors (Lipinski definition) is 2. The van der Waals surface area contributed by atoms with E-state index in [0.29, 0.717) is 6.04 Å². The number of fused-ring (bicyclic) bond motifs is 1. The predicted octanol–water partition coefficient (Wildman–Crippen LogP) is 5.02. The van der Waals surface area contributed by atoms with Gasteiger partial charge in [-0.1, -0.05) is 25.8 Å². The van der Waals surface area contributed by atoms with E-state index >= 15 is 0 Å². The molecule has 1 atom stereocenters. The lowest BCUT2D eigenvalue weighted by atomic mass is 10.0. The fourth-order valence-corrected chi connectivity index (χ4v) is 4.30. The highest BCUT2D eigenvalue weighted by Crippen LogP contribution is 2.35. The molecule has 1 aliphatic rings. The molecular formula is C17H27NS.